The highest BCUT2D eigenvalue weighted by atomic mass is 32.1. The maximum atomic E-state index is 12.4. The molecule has 0 saturated carbocycles. The van der Waals surface area contributed by atoms with Crippen molar-refractivity contribution in [3.63, 3.8) is 0 Å². The first-order chi connectivity index (χ1) is 10.6. The van der Waals surface area contributed by atoms with Gasteiger partial charge in [0, 0.05) is 5.56 Å². The van der Waals surface area contributed by atoms with Crippen LogP contribution in [0.15, 0.2) is 29.6 Å². The Kier molecular flexibility index (Phi) is 3.64. The van der Waals surface area contributed by atoms with Crippen molar-refractivity contribution < 1.29 is 14.3 Å². The molecule has 2 heterocycles. The second kappa shape index (κ2) is 5.61. The molecule has 1 aromatic carbocycles. The zero-order chi connectivity index (χ0) is 15.7. The molecule has 6 nitrogen and oxygen atoms in total. The normalized spacial score (nSPS) is 10.6. The van der Waals surface area contributed by atoms with Gasteiger partial charge in [-0.15, -0.1) is 11.3 Å². The lowest BCUT2D eigenvalue weighted by Gasteiger charge is -2.01. The van der Waals surface area contributed by atoms with Crippen LogP contribution in [0.25, 0.3) is 11.0 Å². The lowest BCUT2D eigenvalue weighted by atomic mass is 10.1. The van der Waals surface area contributed by atoms with Gasteiger partial charge in [0.2, 0.25) is 11.7 Å². The monoisotopic (exact) mass is 315 g/mol. The number of thiophene rings is 1. The van der Waals surface area contributed by atoms with Crippen LogP contribution in [0.1, 0.15) is 20.8 Å². The summed E-state index contributed by atoms with van der Waals surface area (Å²) in [6.45, 7) is 1.87. The molecule has 112 valence electrons. The van der Waals surface area contributed by atoms with Crippen molar-refractivity contribution in [2.45, 2.75) is 6.92 Å². The fraction of sp³-hybridized carbons (Fsp3) is 0.133. The number of anilines is 1. The van der Waals surface area contributed by atoms with Gasteiger partial charge in [-0.05, 0) is 36.1 Å². The molecule has 0 unspecified atom stereocenters. The largest absolute Gasteiger partial charge is 0.453 e. The number of aryl methyl sites for hydroxylation is 1. The molecule has 0 spiro atoms. The third-order valence-corrected chi connectivity index (χ3v) is 4.06. The molecule has 22 heavy (non-hydrogen) atoms. The fourth-order valence-electron chi connectivity index (χ4n) is 2.18. The van der Waals surface area contributed by atoms with Crippen LogP contribution in [-0.2, 0) is 4.74 Å². The van der Waals surface area contributed by atoms with Gasteiger partial charge in [0.15, 0.2) is 0 Å². The number of ether oxygens (including phenoxy) is 1. The number of carbonyl (C=O) groups is 2. The van der Waals surface area contributed by atoms with E-state index in [2.05, 4.69) is 20.0 Å². The quantitative estimate of drug-likeness (QED) is 0.726. The molecular formula is C15H13N3O3S. The number of rotatable bonds is 3. The number of aromatic nitrogens is 2. The first kappa shape index (κ1) is 14.3. The number of hydrogen-bond acceptors (Lipinski definition) is 5. The molecule has 0 aliphatic carbocycles. The molecule has 3 aromatic rings. The summed E-state index contributed by atoms with van der Waals surface area (Å²) in [6.07, 6.45) is -0.605. The number of benzene rings is 1. The Labute approximate surface area is 130 Å². The molecule has 0 fully saturated rings. The Morgan fingerprint density at radius 1 is 1.36 bits per heavy atom. The number of aromatic amines is 1. The topological polar surface area (TPSA) is 84.1 Å². The number of imidazole rings is 1. The van der Waals surface area contributed by atoms with Gasteiger partial charge in [-0.25, -0.2) is 9.78 Å². The van der Waals surface area contributed by atoms with Gasteiger partial charge < -0.3 is 9.72 Å². The summed E-state index contributed by atoms with van der Waals surface area (Å²) in [6, 6.07) is 7.18. The molecule has 0 bridgehead atoms. The average molecular weight is 315 g/mol. The fourth-order valence-corrected chi connectivity index (χ4v) is 2.86. The molecule has 0 aliphatic heterocycles. The predicted octanol–water partition coefficient (Wildman–Crippen LogP) is 3.34. The predicted molar refractivity (Wildman–Crippen MR) is 84.6 cm³/mol. The summed E-state index contributed by atoms with van der Waals surface area (Å²) in [5, 5.41) is 4.34. The summed E-state index contributed by atoms with van der Waals surface area (Å²) >= 11 is 1.40. The standard InChI is InChI=1S/C15H13N3O3S/c1-8-6-9(13(19)11-4-3-5-22-11)7-10-12(8)17-14(16-10)18-15(20)21-2/h3-7H,1-2H3,(H2,16,17,18,20). The van der Waals surface area contributed by atoms with E-state index in [9.17, 15) is 9.59 Å². The molecule has 1 amide bonds. The van der Waals surface area contributed by atoms with Crippen LogP contribution >= 0.6 is 11.3 Å². The Bertz CT molecular complexity index is 852. The Balaban J connectivity index is 2.01. The molecule has 0 aliphatic rings. The van der Waals surface area contributed by atoms with Crippen molar-refractivity contribution in [3.05, 3.63) is 45.6 Å². The summed E-state index contributed by atoms with van der Waals surface area (Å²) in [5.74, 6) is 0.253. The van der Waals surface area contributed by atoms with Crippen molar-refractivity contribution in [2.75, 3.05) is 12.4 Å². The second-order valence-electron chi connectivity index (χ2n) is 4.70. The van der Waals surface area contributed by atoms with Gasteiger partial charge in [0.25, 0.3) is 0 Å². The number of methoxy groups -OCH3 is 1. The van der Waals surface area contributed by atoms with Crippen LogP contribution in [0.2, 0.25) is 0 Å². The van der Waals surface area contributed by atoms with Crippen LogP contribution in [0.4, 0.5) is 10.7 Å². The molecule has 3 rings (SSSR count). The van der Waals surface area contributed by atoms with E-state index in [0.717, 1.165) is 5.56 Å². The van der Waals surface area contributed by atoms with Crippen LogP contribution in [0.5, 0.6) is 0 Å². The van der Waals surface area contributed by atoms with Crippen molar-refractivity contribution in [3.8, 4) is 0 Å². The Morgan fingerprint density at radius 2 is 2.18 bits per heavy atom. The van der Waals surface area contributed by atoms with E-state index in [1.807, 2.05) is 18.4 Å². The van der Waals surface area contributed by atoms with E-state index >= 15 is 0 Å². The molecule has 2 N–H and O–H groups in total. The number of ketones is 1. The third kappa shape index (κ3) is 2.58. The summed E-state index contributed by atoms with van der Waals surface area (Å²) in [5.41, 5.74) is 2.83. The van der Waals surface area contributed by atoms with Gasteiger partial charge in [0.1, 0.15) is 0 Å². The van der Waals surface area contributed by atoms with E-state index in [-0.39, 0.29) is 11.7 Å². The molecule has 7 heteroatoms. The first-order valence-corrected chi connectivity index (χ1v) is 7.40. The number of fused-ring (bicyclic) bond motifs is 1. The number of amides is 1. The van der Waals surface area contributed by atoms with Crippen LogP contribution in [0, 0.1) is 6.92 Å². The van der Waals surface area contributed by atoms with Crippen LogP contribution in [-0.4, -0.2) is 29.0 Å². The SMILES string of the molecule is COC(=O)Nc1nc2c(C)cc(C(=O)c3cccs3)cc2[nH]1. The van der Waals surface area contributed by atoms with Gasteiger partial charge in [-0.1, -0.05) is 6.07 Å². The van der Waals surface area contributed by atoms with Gasteiger partial charge >= 0.3 is 6.09 Å². The molecule has 2 aromatic heterocycles. The van der Waals surface area contributed by atoms with E-state index < -0.39 is 6.09 Å². The lowest BCUT2D eigenvalue weighted by Crippen LogP contribution is -2.11. The van der Waals surface area contributed by atoms with E-state index in [0.29, 0.717) is 21.5 Å². The highest BCUT2D eigenvalue weighted by Crippen LogP contribution is 2.23. The first-order valence-electron chi connectivity index (χ1n) is 6.52. The van der Waals surface area contributed by atoms with E-state index in [4.69, 9.17) is 0 Å². The summed E-state index contributed by atoms with van der Waals surface area (Å²) in [4.78, 5) is 31.6. The summed E-state index contributed by atoms with van der Waals surface area (Å²) < 4.78 is 4.53. The lowest BCUT2D eigenvalue weighted by molar-refractivity contribution is 0.104. The molecular weight excluding hydrogens is 302 g/mol. The zero-order valence-electron chi connectivity index (χ0n) is 12.0. The van der Waals surface area contributed by atoms with Crippen LogP contribution in [0.3, 0.4) is 0 Å². The maximum absolute atomic E-state index is 12.4. The van der Waals surface area contributed by atoms with Gasteiger partial charge in [-0.2, -0.15) is 0 Å². The average Bonchev–Trinajstić information content (AvgIpc) is 3.15. The number of H-pyrrole nitrogens is 1. The number of carbonyl (C=O) groups excluding carboxylic acids is 2. The highest BCUT2D eigenvalue weighted by Gasteiger charge is 2.15. The number of hydrogen-bond donors (Lipinski definition) is 2. The van der Waals surface area contributed by atoms with Crippen molar-refractivity contribution >= 4 is 40.2 Å². The second-order valence-corrected chi connectivity index (χ2v) is 5.65. The Hall–Kier alpha value is -2.67. The number of nitrogens with zero attached hydrogens (tertiary/aromatic N) is 1. The molecule has 0 radical (unpaired) electrons. The minimum atomic E-state index is -0.605. The van der Waals surface area contributed by atoms with Gasteiger partial charge in [-0.3, -0.25) is 10.1 Å². The Morgan fingerprint density at radius 3 is 2.86 bits per heavy atom. The molecule has 0 saturated heterocycles. The minimum absolute atomic E-state index is 0.0305. The van der Waals surface area contributed by atoms with E-state index in [1.165, 1.54) is 18.4 Å². The third-order valence-electron chi connectivity index (χ3n) is 3.19. The van der Waals surface area contributed by atoms with Crippen molar-refractivity contribution in [1.29, 1.82) is 0 Å². The van der Waals surface area contributed by atoms with E-state index in [1.54, 1.807) is 18.2 Å². The zero-order valence-corrected chi connectivity index (χ0v) is 12.8. The highest BCUT2D eigenvalue weighted by molar-refractivity contribution is 7.12. The smallest absolute Gasteiger partial charge is 0.413 e. The minimum Gasteiger partial charge on any atom is -0.453 e. The number of nitrogens with one attached hydrogen (secondary N) is 2. The van der Waals surface area contributed by atoms with Crippen molar-refractivity contribution in [1.82, 2.24) is 9.97 Å². The van der Waals surface area contributed by atoms with Crippen molar-refractivity contribution in [2.24, 2.45) is 0 Å². The molecule has 0 atom stereocenters. The van der Waals surface area contributed by atoms with Gasteiger partial charge in [0.05, 0.1) is 23.0 Å². The van der Waals surface area contributed by atoms with Crippen LogP contribution < -0.4 is 5.32 Å². The maximum Gasteiger partial charge on any atom is 0.413 e. The summed E-state index contributed by atoms with van der Waals surface area (Å²) in [7, 11) is 1.28.